The number of nitrogens with one attached hydrogen (secondary N) is 1. The summed E-state index contributed by atoms with van der Waals surface area (Å²) >= 11 is 0. The van der Waals surface area contributed by atoms with Crippen LogP contribution < -0.4 is 16.8 Å². The summed E-state index contributed by atoms with van der Waals surface area (Å²) in [5.74, 6) is -6.80. The topological polar surface area (TPSA) is 234 Å². The number of carboxylic acid groups (broad SMARTS) is 1. The van der Waals surface area contributed by atoms with Crippen LogP contribution in [-0.4, -0.2) is 97.8 Å². The van der Waals surface area contributed by atoms with Gasteiger partial charge in [-0.3, -0.25) is 24.1 Å². The van der Waals surface area contributed by atoms with Gasteiger partial charge in [0.2, 0.25) is 0 Å². The molecule has 3 amide bonds. The van der Waals surface area contributed by atoms with E-state index in [1.807, 2.05) is 0 Å². The highest BCUT2D eigenvalue weighted by molar-refractivity contribution is 6.19. The number of unbranched alkanes of at least 4 members (excludes halogenated alkanes) is 2. The predicted molar refractivity (Wildman–Crippen MR) is 120 cm³/mol. The molecule has 13 nitrogen and oxygen atoms in total. The van der Waals surface area contributed by atoms with E-state index in [1.165, 1.54) is 0 Å². The zero-order valence-electron chi connectivity index (χ0n) is 19.9. The number of carbonyl (C=O) groups excluding carboxylic acids is 4. The molecule has 0 saturated carbocycles. The van der Waals surface area contributed by atoms with E-state index >= 15 is 0 Å². The molecule has 0 bridgehead atoms. The van der Waals surface area contributed by atoms with Crippen molar-refractivity contribution >= 4 is 29.5 Å². The van der Waals surface area contributed by atoms with Gasteiger partial charge in [0.15, 0.2) is 11.3 Å². The molecule has 13 heteroatoms. The lowest BCUT2D eigenvalue weighted by molar-refractivity contribution is -0.173. The molecule has 0 aliphatic heterocycles. The Balaban J connectivity index is 6.86. The molecule has 0 fully saturated rings. The molecular weight excluding hydrogens is 452 g/mol. The van der Waals surface area contributed by atoms with Crippen molar-refractivity contribution in [2.24, 2.45) is 11.5 Å². The van der Waals surface area contributed by atoms with Crippen LogP contribution in [0.15, 0.2) is 0 Å². The Kier molecular flexibility index (Phi) is 13.7. The number of amides is 3. The van der Waals surface area contributed by atoms with Crippen molar-refractivity contribution in [3.8, 4) is 0 Å². The standard InChI is InChI=1S/C21H38N4O9/c1-12(26)16(29)21(9-5-7-11-23,25(17(30)13(2)27)18(31)14(3)28)20(34)24-15(19(32)33)8-4-6-10-22/h12-15,26-28H,4-11,22-23H2,1-3H3,(H,24,34)(H,32,33)/t12?,13?,14?,15-,21+/m0/s1. The summed E-state index contributed by atoms with van der Waals surface area (Å²) in [7, 11) is 0. The van der Waals surface area contributed by atoms with Crippen molar-refractivity contribution in [1.82, 2.24) is 10.2 Å². The predicted octanol–water partition coefficient (Wildman–Crippen LogP) is -2.38. The van der Waals surface area contributed by atoms with E-state index in [0.717, 1.165) is 20.8 Å². The van der Waals surface area contributed by atoms with E-state index in [2.05, 4.69) is 5.32 Å². The molecule has 9 N–H and O–H groups in total. The smallest absolute Gasteiger partial charge is 0.326 e. The molecule has 0 aliphatic carbocycles. The Morgan fingerprint density at radius 3 is 1.68 bits per heavy atom. The maximum atomic E-state index is 13.6. The zero-order valence-corrected chi connectivity index (χ0v) is 19.9. The van der Waals surface area contributed by atoms with Crippen LogP contribution in [0, 0.1) is 0 Å². The Bertz CT molecular complexity index is 707. The fourth-order valence-corrected chi connectivity index (χ4v) is 3.43. The zero-order chi connectivity index (χ0) is 26.6. The fourth-order valence-electron chi connectivity index (χ4n) is 3.43. The number of ketones is 1. The van der Waals surface area contributed by atoms with Gasteiger partial charge in [-0.25, -0.2) is 4.79 Å². The third-order valence-corrected chi connectivity index (χ3v) is 5.24. The number of carboxylic acids is 1. The molecule has 0 spiro atoms. The summed E-state index contributed by atoms with van der Waals surface area (Å²) < 4.78 is 0. The molecule has 0 aromatic rings. The lowest BCUT2D eigenvalue weighted by atomic mass is 9.81. The van der Waals surface area contributed by atoms with Gasteiger partial charge in [-0.1, -0.05) is 0 Å². The summed E-state index contributed by atoms with van der Waals surface area (Å²) in [4.78, 5) is 64.6. The van der Waals surface area contributed by atoms with Crippen LogP contribution in [0.2, 0.25) is 0 Å². The van der Waals surface area contributed by atoms with E-state index in [-0.39, 0.29) is 37.3 Å². The first kappa shape index (κ1) is 31.6. The molecule has 196 valence electrons. The summed E-state index contributed by atoms with van der Waals surface area (Å²) in [6.07, 6.45) is -5.14. The number of rotatable bonds is 16. The molecule has 3 unspecified atom stereocenters. The summed E-state index contributed by atoms with van der Waals surface area (Å²) in [6, 6.07) is -1.50. The van der Waals surface area contributed by atoms with Crippen LogP contribution in [0.1, 0.15) is 59.3 Å². The first-order chi connectivity index (χ1) is 15.8. The first-order valence-electron chi connectivity index (χ1n) is 11.2. The highest BCUT2D eigenvalue weighted by Crippen LogP contribution is 2.29. The van der Waals surface area contributed by atoms with Crippen molar-refractivity contribution in [3.63, 3.8) is 0 Å². The minimum Gasteiger partial charge on any atom is -0.480 e. The van der Waals surface area contributed by atoms with Crippen LogP contribution in [0.25, 0.3) is 0 Å². The lowest BCUT2D eigenvalue weighted by Crippen LogP contribution is -2.71. The average molecular weight is 491 g/mol. The largest absolute Gasteiger partial charge is 0.480 e. The lowest BCUT2D eigenvalue weighted by Gasteiger charge is -2.42. The number of hydrogen-bond acceptors (Lipinski definition) is 10. The average Bonchev–Trinajstić information content (AvgIpc) is 2.76. The van der Waals surface area contributed by atoms with Crippen molar-refractivity contribution < 1.29 is 44.4 Å². The summed E-state index contributed by atoms with van der Waals surface area (Å²) in [5, 5.41) is 41.7. The number of aliphatic carboxylic acids is 1. The van der Waals surface area contributed by atoms with E-state index < -0.39 is 65.8 Å². The molecule has 0 aliphatic rings. The van der Waals surface area contributed by atoms with Crippen molar-refractivity contribution in [2.45, 2.75) is 89.2 Å². The number of aliphatic hydroxyl groups is 3. The molecule has 34 heavy (non-hydrogen) atoms. The van der Waals surface area contributed by atoms with E-state index in [4.69, 9.17) is 11.5 Å². The number of imide groups is 1. The van der Waals surface area contributed by atoms with Gasteiger partial charge >= 0.3 is 5.97 Å². The van der Waals surface area contributed by atoms with Crippen LogP contribution in [0.4, 0.5) is 0 Å². The highest BCUT2D eigenvalue weighted by atomic mass is 16.4. The number of aliphatic hydroxyl groups excluding tert-OH is 3. The van der Waals surface area contributed by atoms with Gasteiger partial charge in [0, 0.05) is 0 Å². The quantitative estimate of drug-likeness (QED) is 0.0891. The second kappa shape index (κ2) is 14.7. The number of nitrogens with two attached hydrogens (primary N) is 2. The van der Waals surface area contributed by atoms with E-state index in [0.29, 0.717) is 12.8 Å². The van der Waals surface area contributed by atoms with Crippen LogP contribution in [0.3, 0.4) is 0 Å². The molecule has 0 radical (unpaired) electrons. The Hall–Kier alpha value is -2.45. The monoisotopic (exact) mass is 490 g/mol. The third-order valence-electron chi connectivity index (χ3n) is 5.24. The number of hydrogen-bond donors (Lipinski definition) is 7. The number of carbonyl (C=O) groups is 5. The minimum atomic E-state index is -2.74. The molecule has 0 aromatic heterocycles. The molecular formula is C21H38N4O9. The van der Waals surface area contributed by atoms with Gasteiger partial charge < -0.3 is 37.2 Å². The minimum absolute atomic E-state index is 0.0178. The van der Waals surface area contributed by atoms with Crippen molar-refractivity contribution in [1.29, 1.82) is 0 Å². The summed E-state index contributed by atoms with van der Waals surface area (Å²) in [6.45, 7) is 3.41. The second-order valence-electron chi connectivity index (χ2n) is 8.16. The van der Waals surface area contributed by atoms with Gasteiger partial charge in [-0.2, -0.15) is 0 Å². The van der Waals surface area contributed by atoms with Crippen LogP contribution >= 0.6 is 0 Å². The third kappa shape index (κ3) is 8.09. The Morgan fingerprint density at radius 1 is 0.824 bits per heavy atom. The second-order valence-corrected chi connectivity index (χ2v) is 8.16. The van der Waals surface area contributed by atoms with Gasteiger partial charge in [-0.15, -0.1) is 0 Å². The van der Waals surface area contributed by atoms with Gasteiger partial charge in [0.25, 0.3) is 17.7 Å². The number of Topliss-reactive ketones (excluding diaryl/α,β-unsaturated/α-hetero) is 1. The Morgan fingerprint density at radius 2 is 1.29 bits per heavy atom. The Labute approximate surface area is 198 Å². The molecule has 5 atom stereocenters. The van der Waals surface area contributed by atoms with Crippen molar-refractivity contribution in [2.75, 3.05) is 13.1 Å². The van der Waals surface area contributed by atoms with Gasteiger partial charge in [0.1, 0.15) is 24.4 Å². The van der Waals surface area contributed by atoms with E-state index in [9.17, 15) is 44.4 Å². The van der Waals surface area contributed by atoms with Gasteiger partial charge in [0.05, 0.1) is 0 Å². The fraction of sp³-hybridized carbons (Fsp3) is 0.762. The normalized spacial score (nSPS) is 16.5. The molecule has 0 aromatic carbocycles. The maximum Gasteiger partial charge on any atom is 0.326 e. The maximum absolute atomic E-state index is 13.6. The molecule has 0 heterocycles. The molecule has 0 rings (SSSR count). The first-order valence-corrected chi connectivity index (χ1v) is 11.2. The SMILES string of the molecule is CC(O)C(=O)N(C(=O)C(C)O)[C@@](CCCCN)(C(=O)N[C@@H](CCCCN)C(=O)O)C(=O)C(C)O. The van der Waals surface area contributed by atoms with Crippen LogP contribution in [-0.2, 0) is 24.0 Å². The van der Waals surface area contributed by atoms with Crippen molar-refractivity contribution in [3.05, 3.63) is 0 Å². The summed E-state index contributed by atoms with van der Waals surface area (Å²) in [5.41, 5.74) is 8.18. The van der Waals surface area contributed by atoms with Gasteiger partial charge in [-0.05, 0) is 72.4 Å². The van der Waals surface area contributed by atoms with Crippen LogP contribution in [0.5, 0.6) is 0 Å². The van der Waals surface area contributed by atoms with E-state index in [1.54, 1.807) is 0 Å². The highest BCUT2D eigenvalue weighted by Gasteiger charge is 2.57. The number of nitrogens with zero attached hydrogens (tertiary/aromatic N) is 1. The molecule has 0 saturated heterocycles.